The molecular weight excluding hydrogens is 403 g/mol. The third-order valence-corrected chi connectivity index (χ3v) is 4.82. The van der Waals surface area contributed by atoms with Crippen molar-refractivity contribution in [1.29, 1.82) is 0 Å². The molecule has 1 aliphatic heterocycles. The Hall–Kier alpha value is -3.69. The molecule has 10 heteroatoms. The number of fused-ring (bicyclic) bond motifs is 1. The van der Waals surface area contributed by atoms with Crippen molar-refractivity contribution < 1.29 is 32.3 Å². The molecule has 1 N–H and O–H groups in total. The first-order valence-corrected chi connectivity index (χ1v) is 8.94. The van der Waals surface area contributed by atoms with Crippen molar-refractivity contribution in [3.63, 3.8) is 0 Å². The average molecular weight is 417 g/mol. The van der Waals surface area contributed by atoms with Crippen LogP contribution in [0.4, 0.5) is 18.9 Å². The highest BCUT2D eigenvalue weighted by atomic mass is 19.2. The van der Waals surface area contributed by atoms with Crippen LogP contribution >= 0.6 is 0 Å². The molecule has 1 aromatic heterocycles. The van der Waals surface area contributed by atoms with Gasteiger partial charge in [-0.1, -0.05) is 0 Å². The third-order valence-electron chi connectivity index (χ3n) is 4.82. The topological polar surface area (TPSA) is 92.4 Å². The summed E-state index contributed by atoms with van der Waals surface area (Å²) in [6.07, 6.45) is 1.41. The first-order valence-electron chi connectivity index (χ1n) is 8.94. The fourth-order valence-corrected chi connectivity index (χ4v) is 3.53. The minimum atomic E-state index is -1.88. The van der Waals surface area contributed by atoms with Crippen molar-refractivity contribution in [2.24, 2.45) is 5.92 Å². The molecule has 2 unspecified atom stereocenters. The second-order valence-corrected chi connectivity index (χ2v) is 6.59. The van der Waals surface area contributed by atoms with Crippen LogP contribution in [0.2, 0.25) is 0 Å². The van der Waals surface area contributed by atoms with Crippen LogP contribution in [0.25, 0.3) is 11.0 Å². The zero-order chi connectivity index (χ0) is 21.6. The van der Waals surface area contributed by atoms with Crippen molar-refractivity contribution in [3.05, 3.63) is 59.7 Å². The summed E-state index contributed by atoms with van der Waals surface area (Å²) >= 11 is 0. The number of aromatic nitrogens is 2. The minimum Gasteiger partial charge on any atom is -0.465 e. The van der Waals surface area contributed by atoms with E-state index in [1.165, 1.54) is 25.4 Å². The SMILES string of the molecule is CCOC(=O)C1C(=O)C(c2cc(F)cc(F)c2F)N(c2ccc3[nH]cnc3c2)C1=O. The molecule has 1 saturated heterocycles. The molecule has 7 nitrogen and oxygen atoms in total. The fourth-order valence-electron chi connectivity index (χ4n) is 3.53. The highest BCUT2D eigenvalue weighted by Gasteiger charge is 2.54. The number of hydrogen-bond donors (Lipinski definition) is 1. The lowest BCUT2D eigenvalue weighted by atomic mass is 9.97. The van der Waals surface area contributed by atoms with E-state index in [4.69, 9.17) is 4.74 Å². The minimum absolute atomic E-state index is 0.0945. The number of esters is 1. The number of benzene rings is 2. The molecule has 2 aromatic carbocycles. The van der Waals surface area contributed by atoms with Gasteiger partial charge in [-0.25, -0.2) is 18.2 Å². The first-order chi connectivity index (χ1) is 14.3. The number of carbonyl (C=O) groups is 3. The number of nitrogens with zero attached hydrogens (tertiary/aromatic N) is 2. The summed E-state index contributed by atoms with van der Waals surface area (Å²) in [4.78, 5) is 46.1. The van der Waals surface area contributed by atoms with E-state index in [0.29, 0.717) is 23.2 Å². The molecule has 2 heterocycles. The Morgan fingerprint density at radius 1 is 1.20 bits per heavy atom. The summed E-state index contributed by atoms with van der Waals surface area (Å²) in [6.45, 7) is 1.40. The van der Waals surface area contributed by atoms with Gasteiger partial charge in [0.15, 0.2) is 23.3 Å². The Balaban J connectivity index is 1.90. The standard InChI is InChI=1S/C20H14F3N3O4/c1-2-30-20(29)15-18(27)17(11-5-9(21)6-12(22)16(11)23)26(19(15)28)10-3-4-13-14(7-10)25-8-24-13/h3-8,15,17H,2H2,1H3,(H,24,25). The molecule has 30 heavy (non-hydrogen) atoms. The second kappa shape index (κ2) is 7.29. The van der Waals surface area contributed by atoms with Crippen molar-refractivity contribution in [1.82, 2.24) is 9.97 Å². The number of halogens is 3. The lowest BCUT2D eigenvalue weighted by Gasteiger charge is -2.24. The molecule has 0 bridgehead atoms. The number of amides is 1. The van der Waals surface area contributed by atoms with E-state index in [9.17, 15) is 27.6 Å². The van der Waals surface area contributed by atoms with Gasteiger partial charge in [0.2, 0.25) is 5.91 Å². The number of aromatic amines is 1. The van der Waals surface area contributed by atoms with Crippen LogP contribution in [0.1, 0.15) is 18.5 Å². The number of anilines is 1. The highest BCUT2D eigenvalue weighted by molar-refractivity contribution is 6.29. The van der Waals surface area contributed by atoms with Crippen LogP contribution in [0, 0.1) is 23.4 Å². The maximum atomic E-state index is 14.5. The fraction of sp³-hybridized carbons (Fsp3) is 0.200. The van der Waals surface area contributed by atoms with E-state index in [1.54, 1.807) is 6.07 Å². The largest absolute Gasteiger partial charge is 0.465 e. The molecule has 1 amide bonds. The van der Waals surface area contributed by atoms with Crippen molar-refractivity contribution >= 4 is 34.4 Å². The average Bonchev–Trinajstić information content (AvgIpc) is 3.26. The monoisotopic (exact) mass is 417 g/mol. The smallest absolute Gasteiger partial charge is 0.326 e. The Morgan fingerprint density at radius 3 is 2.70 bits per heavy atom. The molecule has 1 aliphatic rings. The van der Waals surface area contributed by atoms with Crippen LogP contribution < -0.4 is 4.90 Å². The van der Waals surface area contributed by atoms with Gasteiger partial charge >= 0.3 is 5.97 Å². The van der Waals surface area contributed by atoms with Gasteiger partial charge in [0.1, 0.15) is 11.9 Å². The van der Waals surface area contributed by atoms with E-state index in [-0.39, 0.29) is 12.3 Å². The molecule has 0 saturated carbocycles. The number of nitrogens with one attached hydrogen (secondary N) is 1. The van der Waals surface area contributed by atoms with Gasteiger partial charge in [-0.05, 0) is 31.2 Å². The van der Waals surface area contributed by atoms with Crippen LogP contribution in [-0.2, 0) is 19.1 Å². The number of H-pyrrole nitrogens is 1. The van der Waals surface area contributed by atoms with Gasteiger partial charge in [0, 0.05) is 17.3 Å². The molecule has 0 radical (unpaired) electrons. The van der Waals surface area contributed by atoms with E-state index in [2.05, 4.69) is 9.97 Å². The summed E-state index contributed by atoms with van der Waals surface area (Å²) in [7, 11) is 0. The molecule has 1 fully saturated rings. The lowest BCUT2D eigenvalue weighted by molar-refractivity contribution is -0.152. The van der Waals surface area contributed by atoms with E-state index < -0.39 is 52.6 Å². The molecule has 2 atom stereocenters. The van der Waals surface area contributed by atoms with Gasteiger partial charge in [-0.3, -0.25) is 19.3 Å². The Labute approximate surface area is 167 Å². The normalized spacial score (nSPS) is 19.0. The summed E-state index contributed by atoms with van der Waals surface area (Å²) in [5.74, 6) is -9.16. The van der Waals surface area contributed by atoms with Gasteiger partial charge < -0.3 is 9.72 Å². The summed E-state index contributed by atoms with van der Waals surface area (Å²) < 4.78 is 47.0. The van der Waals surface area contributed by atoms with E-state index in [0.717, 1.165) is 4.90 Å². The summed E-state index contributed by atoms with van der Waals surface area (Å²) in [5, 5.41) is 0. The number of ketones is 1. The number of rotatable bonds is 4. The molecule has 0 aliphatic carbocycles. The van der Waals surface area contributed by atoms with Gasteiger partial charge in [-0.2, -0.15) is 0 Å². The maximum absolute atomic E-state index is 14.5. The van der Waals surface area contributed by atoms with E-state index >= 15 is 0 Å². The summed E-state index contributed by atoms with van der Waals surface area (Å²) in [5.41, 5.74) is 0.462. The van der Waals surface area contributed by atoms with Crippen molar-refractivity contribution in [3.8, 4) is 0 Å². The zero-order valence-electron chi connectivity index (χ0n) is 15.5. The van der Waals surface area contributed by atoms with E-state index in [1.807, 2.05) is 0 Å². The van der Waals surface area contributed by atoms with Gasteiger partial charge in [0.05, 0.1) is 24.0 Å². The molecule has 154 valence electrons. The molecule has 4 rings (SSSR count). The van der Waals surface area contributed by atoms with Crippen molar-refractivity contribution in [2.45, 2.75) is 13.0 Å². The second-order valence-electron chi connectivity index (χ2n) is 6.59. The van der Waals surface area contributed by atoms with Crippen LogP contribution in [0.15, 0.2) is 36.7 Å². The lowest BCUT2D eigenvalue weighted by Crippen LogP contribution is -2.32. The summed E-state index contributed by atoms with van der Waals surface area (Å²) in [6, 6.07) is 3.64. The number of carbonyl (C=O) groups excluding carboxylic acids is 3. The highest BCUT2D eigenvalue weighted by Crippen LogP contribution is 2.40. The number of imidazole rings is 1. The predicted molar refractivity (Wildman–Crippen MR) is 97.8 cm³/mol. The quantitative estimate of drug-likeness (QED) is 0.400. The molecular formula is C20H14F3N3O4. The van der Waals surface area contributed by atoms with Crippen LogP contribution in [0.5, 0.6) is 0 Å². The Bertz CT molecular complexity index is 1190. The van der Waals surface area contributed by atoms with Gasteiger partial charge in [0.25, 0.3) is 0 Å². The maximum Gasteiger partial charge on any atom is 0.326 e. The van der Waals surface area contributed by atoms with Gasteiger partial charge in [-0.15, -0.1) is 0 Å². The number of hydrogen-bond acceptors (Lipinski definition) is 5. The third kappa shape index (κ3) is 3.00. The Kier molecular flexibility index (Phi) is 4.76. The van der Waals surface area contributed by atoms with Crippen LogP contribution in [0.3, 0.4) is 0 Å². The zero-order valence-corrected chi connectivity index (χ0v) is 15.5. The number of ether oxygens (including phenoxy) is 1. The Morgan fingerprint density at radius 2 is 1.97 bits per heavy atom. The molecule has 0 spiro atoms. The first kappa shape index (κ1) is 19.6. The predicted octanol–water partition coefficient (Wildman–Crippen LogP) is 2.82. The molecule has 3 aromatic rings. The van der Waals surface area contributed by atoms with Crippen LogP contribution in [-0.4, -0.2) is 34.2 Å². The number of Topliss-reactive ketones (excluding diaryl/α,β-unsaturated/α-hetero) is 1. The van der Waals surface area contributed by atoms with Crippen molar-refractivity contribution in [2.75, 3.05) is 11.5 Å².